The highest BCUT2D eigenvalue weighted by molar-refractivity contribution is 5.85. The van der Waals surface area contributed by atoms with Crippen LogP contribution < -0.4 is 14.8 Å². The molecule has 1 amide bonds. The first-order valence-corrected chi connectivity index (χ1v) is 8.08. The number of nitrogens with one attached hydrogen (secondary N) is 1. The summed E-state index contributed by atoms with van der Waals surface area (Å²) in [4.78, 5) is 16.9. The maximum absolute atomic E-state index is 12.6. The van der Waals surface area contributed by atoms with Gasteiger partial charge in [-0.05, 0) is 25.6 Å². The number of likely N-dealkylation sites (N-methyl/N-ethyl adjacent to an activating group) is 1. The number of rotatable bonds is 6. The summed E-state index contributed by atoms with van der Waals surface area (Å²) in [6, 6.07) is 5.23. The van der Waals surface area contributed by atoms with E-state index in [2.05, 4.69) is 17.1 Å². The van der Waals surface area contributed by atoms with Gasteiger partial charge in [0, 0.05) is 32.2 Å². The molecule has 0 aliphatic carbocycles. The predicted octanol–water partition coefficient (Wildman–Crippen LogP) is 1.67. The third-order valence-corrected chi connectivity index (χ3v) is 4.28. The molecule has 0 saturated carbocycles. The molecule has 1 fully saturated rings. The Morgan fingerprint density at radius 2 is 1.91 bits per heavy atom. The normalized spacial score (nSPS) is 16.8. The van der Waals surface area contributed by atoms with E-state index in [4.69, 9.17) is 9.47 Å². The van der Waals surface area contributed by atoms with E-state index < -0.39 is 0 Å². The number of benzene rings is 1. The van der Waals surface area contributed by atoms with Crippen LogP contribution in [0, 0.1) is 0 Å². The number of carbonyl (C=O) groups is 1. The quantitative estimate of drug-likeness (QED) is 0.864. The average molecular weight is 321 g/mol. The van der Waals surface area contributed by atoms with Crippen LogP contribution in [0.4, 0.5) is 5.69 Å². The van der Waals surface area contributed by atoms with Gasteiger partial charge in [-0.25, -0.2) is 0 Å². The van der Waals surface area contributed by atoms with E-state index in [1.165, 1.54) is 0 Å². The van der Waals surface area contributed by atoms with Gasteiger partial charge in [0.25, 0.3) is 0 Å². The Bertz CT molecular complexity index is 528. The molecular weight excluding hydrogens is 294 g/mol. The van der Waals surface area contributed by atoms with Crippen molar-refractivity contribution in [2.75, 3.05) is 52.3 Å². The molecule has 0 unspecified atom stereocenters. The van der Waals surface area contributed by atoms with Gasteiger partial charge in [-0.3, -0.25) is 4.79 Å². The van der Waals surface area contributed by atoms with Gasteiger partial charge in [0.1, 0.15) is 17.5 Å². The summed E-state index contributed by atoms with van der Waals surface area (Å²) < 4.78 is 10.6. The van der Waals surface area contributed by atoms with Gasteiger partial charge >= 0.3 is 0 Å². The van der Waals surface area contributed by atoms with Gasteiger partial charge in [-0.15, -0.1) is 0 Å². The molecule has 2 rings (SSSR count). The molecule has 1 saturated heterocycles. The second-order valence-electron chi connectivity index (χ2n) is 5.69. The third kappa shape index (κ3) is 4.28. The molecule has 0 aromatic heterocycles. The van der Waals surface area contributed by atoms with Gasteiger partial charge in [0.2, 0.25) is 5.91 Å². The van der Waals surface area contributed by atoms with E-state index in [0.29, 0.717) is 5.75 Å². The number of amides is 1. The number of piperazine rings is 1. The lowest BCUT2D eigenvalue weighted by Gasteiger charge is -2.35. The lowest BCUT2D eigenvalue weighted by atomic mass is 10.2. The van der Waals surface area contributed by atoms with Crippen LogP contribution in [0.15, 0.2) is 18.2 Å². The Balaban J connectivity index is 1.98. The van der Waals surface area contributed by atoms with Crippen molar-refractivity contribution in [3.05, 3.63) is 18.2 Å². The molecule has 0 radical (unpaired) electrons. The Morgan fingerprint density at radius 1 is 1.22 bits per heavy atom. The third-order valence-electron chi connectivity index (χ3n) is 4.28. The van der Waals surface area contributed by atoms with Crippen molar-refractivity contribution in [3.8, 4) is 11.5 Å². The number of ether oxygens (including phenoxy) is 2. The van der Waals surface area contributed by atoms with Gasteiger partial charge in [-0.2, -0.15) is 0 Å². The van der Waals surface area contributed by atoms with Gasteiger partial charge in [0.05, 0.1) is 19.9 Å². The standard InChI is InChI=1S/C17H27N3O3/c1-5-19-8-10-20(11-9-19)17(21)13(2)18-15-7-6-14(22-3)12-16(15)23-4/h6-7,12-13,18H,5,8-11H2,1-4H3/t13-/m0/s1. The van der Waals surface area contributed by atoms with Crippen LogP contribution in [0.1, 0.15) is 13.8 Å². The number of methoxy groups -OCH3 is 2. The van der Waals surface area contributed by atoms with Crippen LogP contribution in [0.2, 0.25) is 0 Å². The van der Waals surface area contributed by atoms with Crippen LogP contribution in [0.5, 0.6) is 11.5 Å². The highest BCUT2D eigenvalue weighted by atomic mass is 16.5. The topological polar surface area (TPSA) is 54.0 Å². The van der Waals surface area contributed by atoms with Crippen molar-refractivity contribution in [3.63, 3.8) is 0 Å². The fraction of sp³-hybridized carbons (Fsp3) is 0.588. The van der Waals surface area contributed by atoms with Crippen molar-refractivity contribution >= 4 is 11.6 Å². The molecule has 1 aliphatic rings. The molecule has 1 N–H and O–H groups in total. The Hall–Kier alpha value is -1.95. The fourth-order valence-corrected chi connectivity index (χ4v) is 2.77. The van der Waals surface area contributed by atoms with Crippen molar-refractivity contribution < 1.29 is 14.3 Å². The van der Waals surface area contributed by atoms with Gasteiger partial charge < -0.3 is 24.6 Å². The Kier molecular flexibility index (Phi) is 6.10. The number of hydrogen-bond acceptors (Lipinski definition) is 5. The van der Waals surface area contributed by atoms with Crippen LogP contribution in [0.25, 0.3) is 0 Å². The minimum Gasteiger partial charge on any atom is -0.497 e. The zero-order valence-corrected chi connectivity index (χ0v) is 14.5. The van der Waals surface area contributed by atoms with Crippen LogP contribution in [-0.4, -0.2) is 68.7 Å². The highest BCUT2D eigenvalue weighted by Crippen LogP contribution is 2.29. The van der Waals surface area contributed by atoms with Gasteiger partial charge in [0.15, 0.2) is 0 Å². The Morgan fingerprint density at radius 3 is 2.48 bits per heavy atom. The smallest absolute Gasteiger partial charge is 0.244 e. The molecule has 6 heteroatoms. The van der Waals surface area contributed by atoms with Crippen molar-refractivity contribution in [1.29, 1.82) is 0 Å². The predicted molar refractivity (Wildman–Crippen MR) is 91.3 cm³/mol. The zero-order valence-electron chi connectivity index (χ0n) is 14.5. The first-order valence-electron chi connectivity index (χ1n) is 8.08. The molecule has 1 aromatic carbocycles. The maximum Gasteiger partial charge on any atom is 0.244 e. The molecule has 1 aromatic rings. The van der Waals surface area contributed by atoms with E-state index in [9.17, 15) is 4.79 Å². The SMILES string of the molecule is CCN1CCN(C(=O)[C@H](C)Nc2ccc(OC)cc2OC)CC1. The molecule has 6 nitrogen and oxygen atoms in total. The second-order valence-corrected chi connectivity index (χ2v) is 5.69. The van der Waals surface area contributed by atoms with Gasteiger partial charge in [-0.1, -0.05) is 6.92 Å². The van der Waals surface area contributed by atoms with E-state index in [0.717, 1.165) is 44.2 Å². The van der Waals surface area contributed by atoms with Crippen LogP contribution in [-0.2, 0) is 4.79 Å². The lowest BCUT2D eigenvalue weighted by Crippen LogP contribution is -2.52. The molecule has 1 atom stereocenters. The average Bonchev–Trinajstić information content (AvgIpc) is 2.61. The van der Waals surface area contributed by atoms with E-state index in [1.807, 2.05) is 24.0 Å². The maximum atomic E-state index is 12.6. The summed E-state index contributed by atoms with van der Waals surface area (Å²) in [5.74, 6) is 1.51. The van der Waals surface area contributed by atoms with E-state index >= 15 is 0 Å². The van der Waals surface area contributed by atoms with Crippen LogP contribution in [0.3, 0.4) is 0 Å². The summed E-state index contributed by atoms with van der Waals surface area (Å²) in [6.07, 6.45) is 0. The molecular formula is C17H27N3O3. The number of nitrogens with zero attached hydrogens (tertiary/aromatic N) is 2. The molecule has 23 heavy (non-hydrogen) atoms. The molecule has 0 spiro atoms. The fourth-order valence-electron chi connectivity index (χ4n) is 2.77. The lowest BCUT2D eigenvalue weighted by molar-refractivity contribution is -0.133. The molecule has 1 heterocycles. The number of carbonyl (C=O) groups excluding carboxylic acids is 1. The largest absolute Gasteiger partial charge is 0.497 e. The molecule has 128 valence electrons. The summed E-state index contributed by atoms with van der Waals surface area (Å²) in [5, 5.41) is 3.25. The van der Waals surface area contributed by atoms with E-state index in [1.54, 1.807) is 20.3 Å². The highest BCUT2D eigenvalue weighted by Gasteiger charge is 2.24. The molecule has 0 bridgehead atoms. The minimum atomic E-state index is -0.300. The summed E-state index contributed by atoms with van der Waals surface area (Å²) in [6.45, 7) is 8.55. The first-order chi connectivity index (χ1) is 11.1. The molecule has 1 aliphatic heterocycles. The minimum absolute atomic E-state index is 0.124. The zero-order chi connectivity index (χ0) is 16.8. The summed E-state index contributed by atoms with van der Waals surface area (Å²) in [7, 11) is 3.22. The number of anilines is 1. The second kappa shape index (κ2) is 8.06. The first kappa shape index (κ1) is 17.4. The summed E-state index contributed by atoms with van der Waals surface area (Å²) >= 11 is 0. The summed E-state index contributed by atoms with van der Waals surface area (Å²) in [5.41, 5.74) is 0.793. The van der Waals surface area contributed by atoms with Crippen molar-refractivity contribution in [2.45, 2.75) is 19.9 Å². The van der Waals surface area contributed by atoms with Crippen LogP contribution >= 0.6 is 0 Å². The van der Waals surface area contributed by atoms with Crippen molar-refractivity contribution in [1.82, 2.24) is 9.80 Å². The van der Waals surface area contributed by atoms with E-state index in [-0.39, 0.29) is 11.9 Å². The monoisotopic (exact) mass is 321 g/mol. The number of hydrogen-bond donors (Lipinski definition) is 1. The Labute approximate surface area is 138 Å². The van der Waals surface area contributed by atoms with Crippen molar-refractivity contribution in [2.24, 2.45) is 0 Å².